The number of nitrogens with one attached hydrogen (secondary N) is 1. The minimum absolute atomic E-state index is 0.0582. The third kappa shape index (κ3) is 5.09. The van der Waals surface area contributed by atoms with E-state index in [1.807, 2.05) is 6.08 Å². The standard InChI is InChI=1S/C12H19N3O4/c1-12(2,3)19-11(18)14-10(13-8-17)15-5-4-9(6-15)7-16/h4,8,16H,5-7H2,1-3H3,(H,13,14,17,18). The zero-order valence-electron chi connectivity index (χ0n) is 11.3. The number of aliphatic hydroxyl groups is 1. The van der Waals surface area contributed by atoms with Crippen molar-refractivity contribution in [3.05, 3.63) is 11.6 Å². The smallest absolute Gasteiger partial charge is 0.414 e. The lowest BCUT2D eigenvalue weighted by Gasteiger charge is -2.23. The van der Waals surface area contributed by atoms with Crippen molar-refractivity contribution in [2.24, 2.45) is 4.99 Å². The molecule has 1 aliphatic rings. The van der Waals surface area contributed by atoms with Crippen LogP contribution in [0.1, 0.15) is 20.8 Å². The largest absolute Gasteiger partial charge is 0.444 e. The van der Waals surface area contributed by atoms with E-state index < -0.39 is 11.7 Å². The van der Waals surface area contributed by atoms with Crippen LogP contribution in [0.3, 0.4) is 0 Å². The molecule has 0 unspecified atom stereocenters. The molecule has 2 N–H and O–H groups in total. The summed E-state index contributed by atoms with van der Waals surface area (Å²) in [4.78, 5) is 27.4. The molecule has 2 amide bonds. The Balaban J connectivity index is 2.63. The highest BCUT2D eigenvalue weighted by Crippen LogP contribution is 2.10. The van der Waals surface area contributed by atoms with E-state index >= 15 is 0 Å². The van der Waals surface area contributed by atoms with E-state index in [4.69, 9.17) is 9.84 Å². The van der Waals surface area contributed by atoms with Gasteiger partial charge in [-0.05, 0) is 26.3 Å². The average molecular weight is 269 g/mol. The third-order valence-electron chi connectivity index (χ3n) is 2.28. The van der Waals surface area contributed by atoms with Crippen LogP contribution in [-0.4, -0.2) is 53.8 Å². The molecule has 0 bridgehead atoms. The lowest BCUT2D eigenvalue weighted by molar-refractivity contribution is -0.106. The van der Waals surface area contributed by atoms with E-state index in [-0.39, 0.29) is 12.6 Å². The zero-order valence-corrected chi connectivity index (χ0v) is 11.3. The van der Waals surface area contributed by atoms with Crippen LogP contribution in [0.25, 0.3) is 0 Å². The van der Waals surface area contributed by atoms with Crippen molar-refractivity contribution in [2.45, 2.75) is 26.4 Å². The number of carbonyl (C=O) groups excluding carboxylic acids is 2. The van der Waals surface area contributed by atoms with Gasteiger partial charge in [0.05, 0.1) is 6.61 Å². The summed E-state index contributed by atoms with van der Waals surface area (Å²) < 4.78 is 5.09. The van der Waals surface area contributed by atoms with E-state index in [0.29, 0.717) is 19.5 Å². The maximum absolute atomic E-state index is 11.6. The molecule has 7 heteroatoms. The van der Waals surface area contributed by atoms with Gasteiger partial charge in [0.15, 0.2) is 0 Å². The number of amides is 2. The Bertz CT molecular complexity index is 410. The Labute approximate surface area is 111 Å². The summed E-state index contributed by atoms with van der Waals surface area (Å²) in [5, 5.41) is 11.4. The first-order valence-electron chi connectivity index (χ1n) is 5.91. The molecule has 1 heterocycles. The van der Waals surface area contributed by atoms with Gasteiger partial charge in [-0.25, -0.2) is 4.79 Å². The molecule has 0 aromatic carbocycles. The molecule has 0 aromatic heterocycles. The molecule has 0 atom stereocenters. The van der Waals surface area contributed by atoms with E-state index in [9.17, 15) is 9.59 Å². The van der Waals surface area contributed by atoms with Gasteiger partial charge >= 0.3 is 6.09 Å². The number of nitrogens with zero attached hydrogens (tertiary/aromatic N) is 2. The number of carbonyl (C=O) groups is 2. The van der Waals surface area contributed by atoms with Crippen molar-refractivity contribution in [3.8, 4) is 0 Å². The van der Waals surface area contributed by atoms with Gasteiger partial charge in [-0.3, -0.25) is 10.1 Å². The highest BCUT2D eigenvalue weighted by molar-refractivity contribution is 5.97. The van der Waals surface area contributed by atoms with Crippen LogP contribution in [0.4, 0.5) is 4.79 Å². The van der Waals surface area contributed by atoms with Crippen molar-refractivity contribution >= 4 is 18.5 Å². The number of guanidine groups is 1. The average Bonchev–Trinajstić information content (AvgIpc) is 2.74. The number of aliphatic hydroxyl groups excluding tert-OH is 1. The molecule has 7 nitrogen and oxygen atoms in total. The van der Waals surface area contributed by atoms with Crippen LogP contribution in [0, 0.1) is 0 Å². The third-order valence-corrected chi connectivity index (χ3v) is 2.28. The Morgan fingerprint density at radius 3 is 2.79 bits per heavy atom. The molecular formula is C12H19N3O4. The SMILES string of the molecule is CC(C)(C)OC(=O)NC(=NC=O)N1CC=C(CO)C1. The van der Waals surface area contributed by atoms with Crippen molar-refractivity contribution in [1.29, 1.82) is 0 Å². The number of ether oxygens (including phenoxy) is 1. The van der Waals surface area contributed by atoms with Gasteiger partial charge in [-0.2, -0.15) is 4.99 Å². The predicted molar refractivity (Wildman–Crippen MR) is 69.6 cm³/mol. The van der Waals surface area contributed by atoms with E-state index in [2.05, 4.69) is 10.3 Å². The number of hydrogen-bond donors (Lipinski definition) is 2. The summed E-state index contributed by atoms with van der Waals surface area (Å²) in [5.41, 5.74) is 0.181. The molecular weight excluding hydrogens is 250 g/mol. The monoisotopic (exact) mass is 269 g/mol. The Kier molecular flexibility index (Phi) is 5.05. The van der Waals surface area contributed by atoms with Crippen LogP contribution < -0.4 is 5.32 Å². The lowest BCUT2D eigenvalue weighted by atomic mass is 10.2. The van der Waals surface area contributed by atoms with Crippen LogP contribution >= 0.6 is 0 Å². The molecule has 0 radical (unpaired) electrons. The van der Waals surface area contributed by atoms with Crippen molar-refractivity contribution in [3.63, 3.8) is 0 Å². The molecule has 0 aliphatic carbocycles. The van der Waals surface area contributed by atoms with Crippen LogP contribution in [0.5, 0.6) is 0 Å². The second kappa shape index (κ2) is 6.33. The fourth-order valence-corrected chi connectivity index (χ4v) is 1.53. The van der Waals surface area contributed by atoms with Gasteiger partial charge in [0.1, 0.15) is 5.60 Å². The van der Waals surface area contributed by atoms with Crippen LogP contribution in [0.15, 0.2) is 16.6 Å². The van der Waals surface area contributed by atoms with Gasteiger partial charge < -0.3 is 14.7 Å². The Morgan fingerprint density at radius 1 is 1.63 bits per heavy atom. The summed E-state index contributed by atoms with van der Waals surface area (Å²) in [6.45, 7) is 6.05. The van der Waals surface area contributed by atoms with E-state index in [1.54, 1.807) is 25.7 Å². The first-order valence-corrected chi connectivity index (χ1v) is 5.91. The minimum atomic E-state index is -0.675. The molecule has 0 saturated carbocycles. The van der Waals surface area contributed by atoms with E-state index in [0.717, 1.165) is 5.57 Å². The number of alkyl carbamates (subject to hydrolysis) is 1. The quantitative estimate of drug-likeness (QED) is 0.325. The van der Waals surface area contributed by atoms with E-state index in [1.165, 1.54) is 0 Å². The van der Waals surface area contributed by atoms with Crippen molar-refractivity contribution in [2.75, 3.05) is 19.7 Å². The molecule has 106 valence electrons. The predicted octanol–water partition coefficient (Wildman–Crippen LogP) is 0.258. The Hall–Kier alpha value is -1.89. The second-order valence-electron chi connectivity index (χ2n) is 5.09. The Morgan fingerprint density at radius 2 is 2.32 bits per heavy atom. The molecule has 0 fully saturated rings. The van der Waals surface area contributed by atoms with Gasteiger partial charge in [0, 0.05) is 13.1 Å². The fraction of sp³-hybridized carbons (Fsp3) is 0.583. The summed E-state index contributed by atoms with van der Waals surface area (Å²) in [7, 11) is 0. The highest BCUT2D eigenvalue weighted by Gasteiger charge is 2.22. The van der Waals surface area contributed by atoms with Gasteiger partial charge in [-0.15, -0.1) is 0 Å². The van der Waals surface area contributed by atoms with Crippen LogP contribution in [-0.2, 0) is 9.53 Å². The maximum Gasteiger partial charge on any atom is 0.414 e. The summed E-state index contributed by atoms with van der Waals surface area (Å²) in [6, 6.07) is 0. The molecule has 1 rings (SSSR count). The molecule has 0 spiro atoms. The number of rotatable bonds is 2. The fourth-order valence-electron chi connectivity index (χ4n) is 1.53. The highest BCUT2D eigenvalue weighted by atomic mass is 16.6. The van der Waals surface area contributed by atoms with Crippen LogP contribution in [0.2, 0.25) is 0 Å². The van der Waals surface area contributed by atoms with Gasteiger partial charge in [0.25, 0.3) is 0 Å². The van der Waals surface area contributed by atoms with Gasteiger partial charge in [0.2, 0.25) is 12.4 Å². The molecule has 0 saturated heterocycles. The summed E-state index contributed by atoms with van der Waals surface area (Å²) in [6.07, 6.45) is 1.49. The summed E-state index contributed by atoms with van der Waals surface area (Å²) in [5.74, 6) is 0.115. The normalized spacial score (nSPS) is 16.1. The van der Waals surface area contributed by atoms with Gasteiger partial charge in [-0.1, -0.05) is 6.08 Å². The zero-order chi connectivity index (χ0) is 14.5. The van der Waals surface area contributed by atoms with Crippen molar-refractivity contribution < 1.29 is 19.4 Å². The number of aliphatic imine (C=N–C) groups is 1. The van der Waals surface area contributed by atoms with Crippen molar-refractivity contribution in [1.82, 2.24) is 10.2 Å². The molecule has 1 aliphatic heterocycles. The molecule has 19 heavy (non-hydrogen) atoms. The maximum atomic E-state index is 11.6. The number of hydrogen-bond acceptors (Lipinski definition) is 4. The lowest BCUT2D eigenvalue weighted by Crippen LogP contribution is -2.45. The minimum Gasteiger partial charge on any atom is -0.444 e. The summed E-state index contributed by atoms with van der Waals surface area (Å²) >= 11 is 0. The molecule has 0 aromatic rings. The topological polar surface area (TPSA) is 91.2 Å². The second-order valence-corrected chi connectivity index (χ2v) is 5.09. The first kappa shape index (κ1) is 15.2. The first-order chi connectivity index (χ1) is 8.85.